The number of hydrogen-bond acceptors (Lipinski definition) is 0. The van der Waals surface area contributed by atoms with Gasteiger partial charge in [0, 0.05) is 0 Å². The molecule has 0 aromatic heterocycles. The Morgan fingerprint density at radius 2 is 1.26 bits per heavy atom. The molecule has 0 aliphatic heterocycles. The van der Waals surface area contributed by atoms with Gasteiger partial charge in [-0.15, -0.1) is 0 Å². The minimum absolute atomic E-state index is 0.592. The van der Waals surface area contributed by atoms with Gasteiger partial charge >= 0.3 is 0 Å². The minimum Gasteiger partial charge on any atom is -0.0984 e. The van der Waals surface area contributed by atoms with Crippen molar-refractivity contribution < 1.29 is 0 Å². The second kappa shape index (κ2) is 11.9. The average molecular weight is 409 g/mol. The molecule has 3 aromatic carbocycles. The largest absolute Gasteiger partial charge is 0.0984 e. The molecule has 1 aliphatic carbocycles. The monoisotopic (exact) mass is 408 g/mol. The third kappa shape index (κ3) is 4.97. The maximum atomic E-state index is 4.15. The molecule has 0 radical (unpaired) electrons. The predicted molar refractivity (Wildman–Crippen MR) is 143 cm³/mol. The highest BCUT2D eigenvalue weighted by atomic mass is 14.2. The van der Waals surface area contributed by atoms with Crippen molar-refractivity contribution in [1.29, 1.82) is 0 Å². The standard InChI is InChI=1S/C27H24.2C2H6/c1-4-22-23(5-2)27(21-17-15-19(3)16-18-21)25-14-10-9-13-24(25)26(22)20-11-7-6-8-12-20;2*1-2/h4-15,17-19H,1-2,16H2,3H3;2*1-2H3. The third-order valence-corrected chi connectivity index (χ3v) is 5.37. The van der Waals surface area contributed by atoms with Gasteiger partial charge in [0.2, 0.25) is 0 Å². The van der Waals surface area contributed by atoms with Crippen LogP contribution in [0.2, 0.25) is 0 Å². The maximum Gasteiger partial charge on any atom is -0.00266 e. The van der Waals surface area contributed by atoms with Crippen LogP contribution in [0.5, 0.6) is 0 Å². The first kappa shape index (κ1) is 24.2. The van der Waals surface area contributed by atoms with Crippen LogP contribution >= 0.6 is 0 Å². The van der Waals surface area contributed by atoms with E-state index in [1.165, 1.54) is 33.0 Å². The SMILES string of the molecule is C=Cc1c(C=C)c(-c2ccccc2)c2ccccc2c1C1=CCC(C)C=C1.CC.CC. The molecule has 0 heterocycles. The van der Waals surface area contributed by atoms with Crippen LogP contribution in [-0.2, 0) is 0 Å². The Balaban J connectivity index is 0.000000807. The summed E-state index contributed by atoms with van der Waals surface area (Å²) in [7, 11) is 0. The molecule has 0 saturated heterocycles. The van der Waals surface area contributed by atoms with Crippen molar-refractivity contribution in [2.75, 3.05) is 0 Å². The van der Waals surface area contributed by atoms with Crippen LogP contribution in [0.4, 0.5) is 0 Å². The van der Waals surface area contributed by atoms with Crippen molar-refractivity contribution in [2.24, 2.45) is 5.92 Å². The van der Waals surface area contributed by atoms with Crippen molar-refractivity contribution >= 4 is 28.5 Å². The van der Waals surface area contributed by atoms with Crippen LogP contribution in [0.1, 0.15) is 57.7 Å². The second-order valence-electron chi connectivity index (χ2n) is 7.13. The number of allylic oxidation sites excluding steroid dienone is 4. The quantitative estimate of drug-likeness (QED) is 0.403. The highest BCUT2D eigenvalue weighted by molar-refractivity contribution is 6.10. The lowest BCUT2D eigenvalue weighted by atomic mass is 9.82. The Kier molecular flexibility index (Phi) is 9.28. The van der Waals surface area contributed by atoms with Gasteiger partial charge in [-0.05, 0) is 56.5 Å². The second-order valence-corrected chi connectivity index (χ2v) is 7.13. The molecule has 1 atom stereocenters. The lowest BCUT2D eigenvalue weighted by Gasteiger charge is -2.22. The number of fused-ring (bicyclic) bond motifs is 1. The zero-order chi connectivity index (χ0) is 22.8. The Bertz CT molecular complexity index is 1080. The predicted octanol–water partition coefficient (Wildman–Crippen LogP) is 9.82. The highest BCUT2D eigenvalue weighted by Gasteiger charge is 2.19. The number of benzene rings is 3. The first-order valence-corrected chi connectivity index (χ1v) is 11.5. The van der Waals surface area contributed by atoms with Crippen molar-refractivity contribution in [2.45, 2.75) is 41.0 Å². The molecule has 0 heteroatoms. The summed E-state index contributed by atoms with van der Waals surface area (Å²) >= 11 is 0. The molecule has 0 nitrogen and oxygen atoms in total. The molecule has 31 heavy (non-hydrogen) atoms. The normalized spacial score (nSPS) is 14.5. The van der Waals surface area contributed by atoms with Crippen molar-refractivity contribution in [3.63, 3.8) is 0 Å². The zero-order valence-corrected chi connectivity index (χ0v) is 19.8. The van der Waals surface area contributed by atoms with Gasteiger partial charge in [0.05, 0.1) is 0 Å². The van der Waals surface area contributed by atoms with Gasteiger partial charge in [0.1, 0.15) is 0 Å². The van der Waals surface area contributed by atoms with Crippen LogP contribution in [-0.4, -0.2) is 0 Å². The molecule has 0 fully saturated rings. The summed E-state index contributed by atoms with van der Waals surface area (Å²) in [6.45, 7) is 18.6. The number of rotatable bonds is 4. The molecular formula is C31H36. The summed E-state index contributed by atoms with van der Waals surface area (Å²) in [5.41, 5.74) is 7.29. The number of hydrogen-bond donors (Lipinski definition) is 0. The first-order chi connectivity index (χ1) is 15.2. The summed E-state index contributed by atoms with van der Waals surface area (Å²) in [6, 6.07) is 19.3. The van der Waals surface area contributed by atoms with Crippen LogP contribution < -0.4 is 0 Å². The smallest absolute Gasteiger partial charge is 0.00266 e. The van der Waals surface area contributed by atoms with Crippen molar-refractivity contribution in [3.05, 3.63) is 103 Å². The van der Waals surface area contributed by atoms with Gasteiger partial charge in [-0.25, -0.2) is 0 Å². The van der Waals surface area contributed by atoms with E-state index in [1.807, 2.05) is 39.8 Å². The molecule has 1 aliphatic rings. The van der Waals surface area contributed by atoms with Gasteiger partial charge in [0.25, 0.3) is 0 Å². The van der Waals surface area contributed by atoms with Crippen LogP contribution in [0.3, 0.4) is 0 Å². The average Bonchev–Trinajstić information content (AvgIpc) is 2.86. The summed E-state index contributed by atoms with van der Waals surface area (Å²) in [5, 5.41) is 2.52. The first-order valence-electron chi connectivity index (χ1n) is 11.5. The molecule has 0 amide bonds. The summed E-state index contributed by atoms with van der Waals surface area (Å²) in [5.74, 6) is 0.592. The van der Waals surface area contributed by atoms with E-state index >= 15 is 0 Å². The molecule has 4 rings (SSSR count). The topological polar surface area (TPSA) is 0 Å². The molecule has 160 valence electrons. The molecule has 3 aromatic rings. The fraction of sp³-hybridized carbons (Fsp3) is 0.226. The molecule has 0 N–H and O–H groups in total. The fourth-order valence-corrected chi connectivity index (χ4v) is 4.04. The molecule has 1 unspecified atom stereocenters. The van der Waals surface area contributed by atoms with Crippen molar-refractivity contribution in [1.82, 2.24) is 0 Å². The zero-order valence-electron chi connectivity index (χ0n) is 19.8. The summed E-state index contributed by atoms with van der Waals surface area (Å²) in [4.78, 5) is 0. The van der Waals surface area contributed by atoms with E-state index in [4.69, 9.17) is 0 Å². The Morgan fingerprint density at radius 3 is 1.77 bits per heavy atom. The van der Waals surface area contributed by atoms with Gasteiger partial charge in [-0.3, -0.25) is 0 Å². The van der Waals surface area contributed by atoms with Crippen LogP contribution in [0, 0.1) is 5.92 Å². The van der Waals surface area contributed by atoms with E-state index in [1.54, 1.807) is 0 Å². The van der Waals surface area contributed by atoms with E-state index in [9.17, 15) is 0 Å². The van der Waals surface area contributed by atoms with Gasteiger partial charge in [0.15, 0.2) is 0 Å². The van der Waals surface area contributed by atoms with Crippen LogP contribution in [0.25, 0.3) is 39.6 Å². The van der Waals surface area contributed by atoms with Gasteiger partial charge < -0.3 is 0 Å². The van der Waals surface area contributed by atoms with Gasteiger partial charge in [-0.2, -0.15) is 0 Å². The molecule has 0 spiro atoms. The van der Waals surface area contributed by atoms with Crippen LogP contribution in [0.15, 0.2) is 86.0 Å². The molecule has 0 saturated carbocycles. The summed E-state index contributed by atoms with van der Waals surface area (Å²) in [6.07, 6.45) is 12.0. The fourth-order valence-electron chi connectivity index (χ4n) is 4.04. The van der Waals surface area contributed by atoms with E-state index in [2.05, 4.69) is 92.9 Å². The highest BCUT2D eigenvalue weighted by Crippen LogP contribution is 2.42. The Hall–Kier alpha value is -3.12. The minimum atomic E-state index is 0.592. The van der Waals surface area contributed by atoms with E-state index in [0.29, 0.717) is 5.92 Å². The maximum absolute atomic E-state index is 4.15. The van der Waals surface area contributed by atoms with E-state index in [-0.39, 0.29) is 0 Å². The third-order valence-electron chi connectivity index (χ3n) is 5.37. The Labute approximate surface area is 189 Å². The molecule has 0 bridgehead atoms. The summed E-state index contributed by atoms with van der Waals surface area (Å²) < 4.78 is 0. The van der Waals surface area contributed by atoms with Gasteiger partial charge in [-0.1, -0.05) is 133 Å². The Morgan fingerprint density at radius 1 is 0.742 bits per heavy atom. The van der Waals surface area contributed by atoms with Crippen molar-refractivity contribution in [3.8, 4) is 11.1 Å². The molecular weight excluding hydrogens is 372 g/mol. The lowest BCUT2D eigenvalue weighted by molar-refractivity contribution is 0.739. The van der Waals surface area contributed by atoms with E-state index in [0.717, 1.165) is 17.5 Å². The van der Waals surface area contributed by atoms with E-state index < -0.39 is 0 Å². The lowest BCUT2D eigenvalue weighted by Crippen LogP contribution is -2.00.